The minimum absolute atomic E-state index is 0.0858. The van der Waals surface area contributed by atoms with Gasteiger partial charge >= 0.3 is 0 Å². The van der Waals surface area contributed by atoms with Crippen molar-refractivity contribution < 1.29 is 4.79 Å². The molecule has 1 N–H and O–H groups in total. The van der Waals surface area contributed by atoms with Crippen LogP contribution in [0.25, 0.3) is 10.8 Å². The summed E-state index contributed by atoms with van der Waals surface area (Å²) in [5.41, 5.74) is 2.85. The van der Waals surface area contributed by atoms with Crippen LogP contribution in [-0.2, 0) is 6.42 Å². The molecule has 1 aliphatic heterocycles. The quantitative estimate of drug-likeness (QED) is 0.462. The van der Waals surface area contributed by atoms with Crippen molar-refractivity contribution in [1.82, 2.24) is 19.9 Å². The lowest BCUT2D eigenvalue weighted by molar-refractivity contribution is 0.0760. The highest BCUT2D eigenvalue weighted by Crippen LogP contribution is 2.27. The fraction of sp³-hybridized carbons (Fsp3) is 0.259. The number of aromatic nitrogens is 3. The van der Waals surface area contributed by atoms with Crippen molar-refractivity contribution in [3.05, 3.63) is 90.5 Å². The molecule has 5 rings (SSSR count). The summed E-state index contributed by atoms with van der Waals surface area (Å²) >= 11 is 0. The van der Waals surface area contributed by atoms with Crippen molar-refractivity contribution in [2.24, 2.45) is 5.92 Å². The van der Waals surface area contributed by atoms with E-state index in [2.05, 4.69) is 44.5 Å². The van der Waals surface area contributed by atoms with Crippen LogP contribution in [0, 0.1) is 5.92 Å². The van der Waals surface area contributed by atoms with E-state index in [0.29, 0.717) is 17.4 Å². The number of hydrogen-bond acceptors (Lipinski definition) is 5. The SMILES string of the molecule is O=C(c1cccc(Nc2ncccn2)c1)N1CCC[C@H](Cc2cccc3ccncc23)CC1. The summed E-state index contributed by atoms with van der Waals surface area (Å²) in [4.78, 5) is 28.0. The van der Waals surface area contributed by atoms with Crippen LogP contribution >= 0.6 is 0 Å². The van der Waals surface area contributed by atoms with Gasteiger partial charge in [0.15, 0.2) is 0 Å². The highest BCUT2D eigenvalue weighted by molar-refractivity contribution is 5.95. The summed E-state index contributed by atoms with van der Waals surface area (Å²) in [6.07, 6.45) is 11.4. The van der Waals surface area contributed by atoms with E-state index in [0.717, 1.165) is 44.5 Å². The summed E-state index contributed by atoms with van der Waals surface area (Å²) in [5, 5.41) is 5.64. The summed E-state index contributed by atoms with van der Waals surface area (Å²) in [6.45, 7) is 1.58. The predicted molar refractivity (Wildman–Crippen MR) is 130 cm³/mol. The first kappa shape index (κ1) is 21.1. The first-order valence-corrected chi connectivity index (χ1v) is 11.5. The smallest absolute Gasteiger partial charge is 0.253 e. The summed E-state index contributed by atoms with van der Waals surface area (Å²) < 4.78 is 0. The lowest BCUT2D eigenvalue weighted by Crippen LogP contribution is -2.32. The van der Waals surface area contributed by atoms with Crippen LogP contribution in [0.4, 0.5) is 11.6 Å². The minimum Gasteiger partial charge on any atom is -0.339 e. The summed E-state index contributed by atoms with van der Waals surface area (Å²) in [7, 11) is 0. The number of pyridine rings is 1. The highest BCUT2D eigenvalue weighted by Gasteiger charge is 2.22. The second kappa shape index (κ2) is 9.77. The minimum atomic E-state index is 0.0858. The Morgan fingerprint density at radius 1 is 0.970 bits per heavy atom. The standard InChI is InChI=1S/C27H27N5O/c33-26(23-8-2-9-24(18-23)31-27-29-12-4-13-30-27)32-15-3-5-20(11-16-32)17-22-7-1-6-21-10-14-28-19-25(21)22/h1-2,4,6-10,12-14,18-20H,3,5,11,15-17H2,(H,29,30,31)/t20-/m0/s1. The summed E-state index contributed by atoms with van der Waals surface area (Å²) in [5.74, 6) is 1.17. The third kappa shape index (κ3) is 5.00. The maximum absolute atomic E-state index is 13.3. The zero-order valence-corrected chi connectivity index (χ0v) is 18.5. The van der Waals surface area contributed by atoms with Crippen LogP contribution in [-0.4, -0.2) is 38.8 Å². The molecular weight excluding hydrogens is 410 g/mol. The Labute approximate surface area is 193 Å². The molecule has 1 saturated heterocycles. The molecule has 2 aromatic heterocycles. The molecule has 0 bridgehead atoms. The Morgan fingerprint density at radius 3 is 2.76 bits per heavy atom. The molecule has 1 aliphatic rings. The molecule has 6 nitrogen and oxygen atoms in total. The van der Waals surface area contributed by atoms with Crippen LogP contribution < -0.4 is 5.32 Å². The summed E-state index contributed by atoms with van der Waals surface area (Å²) in [6, 6.07) is 17.9. The molecule has 0 aliphatic carbocycles. The maximum Gasteiger partial charge on any atom is 0.253 e. The van der Waals surface area contributed by atoms with E-state index in [9.17, 15) is 4.79 Å². The Bertz CT molecular complexity index is 1240. The van der Waals surface area contributed by atoms with E-state index >= 15 is 0 Å². The van der Waals surface area contributed by atoms with E-state index in [-0.39, 0.29) is 5.91 Å². The predicted octanol–water partition coefficient (Wildman–Crippen LogP) is 5.25. The van der Waals surface area contributed by atoms with Gasteiger partial charge in [0.2, 0.25) is 5.95 Å². The van der Waals surface area contributed by atoms with Gasteiger partial charge in [0, 0.05) is 54.5 Å². The molecule has 4 aromatic rings. The third-order valence-corrected chi connectivity index (χ3v) is 6.35. The number of nitrogens with zero attached hydrogens (tertiary/aromatic N) is 4. The van der Waals surface area contributed by atoms with E-state index in [4.69, 9.17) is 0 Å². The van der Waals surface area contributed by atoms with Gasteiger partial charge in [-0.25, -0.2) is 9.97 Å². The second-order valence-corrected chi connectivity index (χ2v) is 8.59. The lowest BCUT2D eigenvalue weighted by Gasteiger charge is -2.21. The first-order chi connectivity index (χ1) is 16.3. The Balaban J connectivity index is 1.24. The number of carbonyl (C=O) groups excluding carboxylic acids is 1. The number of amides is 1. The van der Waals surface area contributed by atoms with Crippen molar-refractivity contribution >= 4 is 28.3 Å². The Morgan fingerprint density at radius 2 is 1.85 bits per heavy atom. The molecule has 0 spiro atoms. The van der Waals surface area contributed by atoms with Crippen LogP contribution in [0.3, 0.4) is 0 Å². The largest absolute Gasteiger partial charge is 0.339 e. The fourth-order valence-corrected chi connectivity index (χ4v) is 4.64. The highest BCUT2D eigenvalue weighted by atomic mass is 16.2. The molecule has 1 atom stereocenters. The van der Waals surface area contributed by atoms with E-state index in [1.165, 1.54) is 16.3 Å². The molecule has 33 heavy (non-hydrogen) atoms. The van der Waals surface area contributed by atoms with Gasteiger partial charge in [0.25, 0.3) is 5.91 Å². The number of nitrogens with one attached hydrogen (secondary N) is 1. The van der Waals surface area contributed by atoms with Crippen molar-refractivity contribution in [3.8, 4) is 0 Å². The average Bonchev–Trinajstić information content (AvgIpc) is 3.10. The topological polar surface area (TPSA) is 71.0 Å². The van der Waals surface area contributed by atoms with Crippen molar-refractivity contribution in [1.29, 1.82) is 0 Å². The zero-order chi connectivity index (χ0) is 22.5. The molecule has 0 unspecified atom stereocenters. The van der Waals surface area contributed by atoms with E-state index in [1.54, 1.807) is 18.5 Å². The molecule has 1 amide bonds. The lowest BCUT2D eigenvalue weighted by atomic mass is 9.91. The van der Waals surface area contributed by atoms with Crippen molar-refractivity contribution in [2.45, 2.75) is 25.7 Å². The number of fused-ring (bicyclic) bond motifs is 1. The Hall–Kier alpha value is -3.80. The van der Waals surface area contributed by atoms with Crippen molar-refractivity contribution in [3.63, 3.8) is 0 Å². The van der Waals surface area contributed by atoms with E-state index < -0.39 is 0 Å². The average molecular weight is 438 g/mol. The molecule has 1 fully saturated rings. The Kier molecular flexibility index (Phi) is 6.24. The maximum atomic E-state index is 13.3. The molecule has 166 valence electrons. The molecule has 3 heterocycles. The van der Waals surface area contributed by atoms with Crippen LogP contribution in [0.2, 0.25) is 0 Å². The molecule has 2 aromatic carbocycles. The normalized spacial score (nSPS) is 16.4. The second-order valence-electron chi connectivity index (χ2n) is 8.59. The number of carbonyl (C=O) groups is 1. The molecular formula is C27H27N5O. The van der Waals surface area contributed by atoms with Crippen LogP contribution in [0.1, 0.15) is 35.2 Å². The van der Waals surface area contributed by atoms with Crippen LogP contribution in [0.15, 0.2) is 79.4 Å². The molecule has 0 saturated carbocycles. The first-order valence-electron chi connectivity index (χ1n) is 11.5. The third-order valence-electron chi connectivity index (χ3n) is 6.35. The van der Waals surface area contributed by atoms with Gasteiger partial charge in [-0.1, -0.05) is 24.3 Å². The number of likely N-dealkylation sites (tertiary alicyclic amines) is 1. The molecule has 0 radical (unpaired) electrons. The van der Waals surface area contributed by atoms with Crippen molar-refractivity contribution in [2.75, 3.05) is 18.4 Å². The number of rotatable bonds is 5. The van der Waals surface area contributed by atoms with Gasteiger partial charge in [-0.2, -0.15) is 0 Å². The van der Waals surface area contributed by atoms with Gasteiger partial charge in [0.05, 0.1) is 0 Å². The van der Waals surface area contributed by atoms with Crippen LogP contribution in [0.5, 0.6) is 0 Å². The van der Waals surface area contributed by atoms with Gasteiger partial charge in [-0.3, -0.25) is 9.78 Å². The fourth-order valence-electron chi connectivity index (χ4n) is 4.64. The molecule has 6 heteroatoms. The number of anilines is 2. The zero-order valence-electron chi connectivity index (χ0n) is 18.5. The van der Waals surface area contributed by atoms with E-state index in [1.807, 2.05) is 41.6 Å². The van der Waals surface area contributed by atoms with Gasteiger partial charge < -0.3 is 10.2 Å². The number of benzene rings is 2. The monoisotopic (exact) mass is 437 g/mol. The van der Waals surface area contributed by atoms with Gasteiger partial charge in [-0.15, -0.1) is 0 Å². The van der Waals surface area contributed by atoms with Gasteiger partial charge in [0.1, 0.15) is 0 Å². The van der Waals surface area contributed by atoms with Gasteiger partial charge in [-0.05, 0) is 72.9 Å². The number of hydrogen-bond donors (Lipinski definition) is 1.